The molecule has 3 heterocycles. The molecule has 21 heavy (non-hydrogen) atoms. The second-order valence-corrected chi connectivity index (χ2v) is 7.43. The third-order valence-electron chi connectivity index (χ3n) is 3.15. The molecule has 1 saturated heterocycles. The number of carbonyl (C=O) groups is 1. The molecule has 0 radical (unpaired) electrons. The molecule has 0 aromatic carbocycles. The lowest BCUT2D eigenvalue weighted by Crippen LogP contribution is -2.28. The first-order chi connectivity index (χ1) is 9.95. The van der Waals surface area contributed by atoms with Gasteiger partial charge in [-0.3, -0.25) is 9.69 Å². The van der Waals surface area contributed by atoms with Gasteiger partial charge < -0.3 is 4.42 Å². The highest BCUT2D eigenvalue weighted by molar-refractivity contribution is 8.14. The minimum Gasteiger partial charge on any atom is -0.463 e. The van der Waals surface area contributed by atoms with Crippen LogP contribution in [0.15, 0.2) is 35.1 Å². The van der Waals surface area contributed by atoms with E-state index in [1.807, 2.05) is 0 Å². The van der Waals surface area contributed by atoms with Gasteiger partial charge in [0.15, 0.2) is 5.76 Å². The van der Waals surface area contributed by atoms with Gasteiger partial charge in [-0.15, -0.1) is 0 Å². The Hall–Kier alpha value is -1.93. The van der Waals surface area contributed by atoms with Gasteiger partial charge in [0.25, 0.3) is 0 Å². The van der Waals surface area contributed by atoms with Gasteiger partial charge in [0.05, 0.1) is 6.26 Å². The first-order valence-electron chi connectivity index (χ1n) is 6.06. The number of nitrogens with zero attached hydrogens (tertiary/aromatic N) is 3. The molecule has 7 nitrogen and oxygen atoms in total. The minimum absolute atomic E-state index is 0.0493. The number of carbonyl (C=O) groups excluding carboxylic acids is 1. The largest absolute Gasteiger partial charge is 0.463 e. The van der Waals surface area contributed by atoms with E-state index in [0.717, 1.165) is 0 Å². The lowest BCUT2D eigenvalue weighted by atomic mass is 10.3. The molecule has 9 heteroatoms. The standard InChI is InChI=1S/C12H10ClN3O4S/c13-21(18,19)8-6-11(17)16(7-8)12-14-4-3-9(15-12)10-2-1-5-20-10/h1-5,8H,6-7H2. The fourth-order valence-corrected chi connectivity index (χ4v) is 3.12. The molecular weight excluding hydrogens is 318 g/mol. The molecule has 1 atom stereocenters. The minimum atomic E-state index is -3.79. The first-order valence-corrected chi connectivity index (χ1v) is 8.43. The van der Waals surface area contributed by atoms with Crippen LogP contribution in [0.2, 0.25) is 0 Å². The van der Waals surface area contributed by atoms with Crippen LogP contribution in [0.3, 0.4) is 0 Å². The second-order valence-electron chi connectivity index (χ2n) is 4.53. The van der Waals surface area contributed by atoms with E-state index in [1.54, 1.807) is 18.2 Å². The van der Waals surface area contributed by atoms with Gasteiger partial charge in [0.1, 0.15) is 10.9 Å². The van der Waals surface area contributed by atoms with Crippen molar-refractivity contribution in [1.82, 2.24) is 9.97 Å². The zero-order chi connectivity index (χ0) is 15.0. The van der Waals surface area contributed by atoms with Gasteiger partial charge in [-0.1, -0.05) is 0 Å². The number of hydrogen-bond donors (Lipinski definition) is 0. The maximum absolute atomic E-state index is 11.9. The van der Waals surface area contributed by atoms with E-state index in [2.05, 4.69) is 9.97 Å². The Morgan fingerprint density at radius 3 is 2.81 bits per heavy atom. The fraction of sp³-hybridized carbons (Fsp3) is 0.250. The summed E-state index contributed by atoms with van der Waals surface area (Å²) in [5, 5.41) is -0.942. The summed E-state index contributed by atoms with van der Waals surface area (Å²) in [5.74, 6) is 0.296. The van der Waals surface area contributed by atoms with Gasteiger partial charge in [0.2, 0.25) is 20.9 Å². The Balaban J connectivity index is 1.91. The molecule has 0 aliphatic carbocycles. The highest BCUT2D eigenvalue weighted by atomic mass is 35.7. The highest BCUT2D eigenvalue weighted by Crippen LogP contribution is 2.26. The molecule has 1 fully saturated rings. The molecule has 0 N–H and O–H groups in total. The summed E-state index contributed by atoms with van der Waals surface area (Å²) in [4.78, 5) is 21.4. The summed E-state index contributed by atoms with van der Waals surface area (Å²) in [7, 11) is 1.51. The molecule has 2 aromatic rings. The number of rotatable bonds is 3. The third kappa shape index (κ3) is 2.77. The smallest absolute Gasteiger partial charge is 0.237 e. The fourth-order valence-electron chi connectivity index (χ4n) is 2.10. The molecule has 0 spiro atoms. The first kappa shape index (κ1) is 14.0. The highest BCUT2D eigenvalue weighted by Gasteiger charge is 2.39. The molecule has 110 valence electrons. The van der Waals surface area contributed by atoms with Crippen molar-refractivity contribution in [2.24, 2.45) is 0 Å². The number of aromatic nitrogens is 2. The van der Waals surface area contributed by atoms with E-state index in [0.29, 0.717) is 11.5 Å². The summed E-state index contributed by atoms with van der Waals surface area (Å²) >= 11 is 0. The van der Waals surface area contributed by atoms with Gasteiger partial charge >= 0.3 is 0 Å². The number of halogens is 1. The SMILES string of the molecule is O=C1CC(S(=O)(=O)Cl)CN1c1nccc(-c2ccco2)n1. The second kappa shape index (κ2) is 5.12. The van der Waals surface area contributed by atoms with Gasteiger partial charge in [-0.05, 0) is 18.2 Å². The quantitative estimate of drug-likeness (QED) is 0.791. The Kier molecular flexibility index (Phi) is 3.42. The van der Waals surface area contributed by atoms with Crippen LogP contribution in [0.5, 0.6) is 0 Å². The zero-order valence-electron chi connectivity index (χ0n) is 10.6. The average Bonchev–Trinajstić information content (AvgIpc) is 3.07. The summed E-state index contributed by atoms with van der Waals surface area (Å²) in [6, 6.07) is 5.08. The molecule has 1 unspecified atom stereocenters. The van der Waals surface area contributed by atoms with E-state index >= 15 is 0 Å². The van der Waals surface area contributed by atoms with E-state index in [9.17, 15) is 13.2 Å². The number of hydrogen-bond acceptors (Lipinski definition) is 6. The van der Waals surface area contributed by atoms with Crippen LogP contribution in [0, 0.1) is 0 Å². The van der Waals surface area contributed by atoms with Crippen molar-refractivity contribution < 1.29 is 17.6 Å². The van der Waals surface area contributed by atoms with Crippen molar-refractivity contribution in [3.05, 3.63) is 30.7 Å². The van der Waals surface area contributed by atoms with Crippen molar-refractivity contribution in [3.63, 3.8) is 0 Å². The average molecular weight is 328 g/mol. The molecular formula is C12H10ClN3O4S. The third-order valence-corrected chi connectivity index (χ3v) is 5.01. The molecule has 0 saturated carbocycles. The Morgan fingerprint density at radius 1 is 1.38 bits per heavy atom. The van der Waals surface area contributed by atoms with Crippen molar-refractivity contribution in [2.45, 2.75) is 11.7 Å². The number of amides is 1. The summed E-state index contributed by atoms with van der Waals surface area (Å²) in [6.07, 6.45) is 2.82. The predicted molar refractivity (Wildman–Crippen MR) is 75.3 cm³/mol. The lowest BCUT2D eigenvalue weighted by Gasteiger charge is -2.13. The van der Waals surface area contributed by atoms with Gasteiger partial charge in [0, 0.05) is 29.8 Å². The molecule has 1 aliphatic rings. The van der Waals surface area contributed by atoms with Crippen LogP contribution in [-0.4, -0.2) is 36.1 Å². The summed E-state index contributed by atoms with van der Waals surface area (Å²) in [5.41, 5.74) is 0.509. The Bertz CT molecular complexity index is 776. The monoisotopic (exact) mass is 327 g/mol. The predicted octanol–water partition coefficient (Wildman–Crippen LogP) is 1.41. The van der Waals surface area contributed by atoms with Crippen molar-refractivity contribution in [3.8, 4) is 11.5 Å². The normalized spacial score (nSPS) is 19.2. The Morgan fingerprint density at radius 2 is 2.19 bits per heavy atom. The summed E-state index contributed by atoms with van der Waals surface area (Å²) < 4.78 is 27.9. The molecule has 2 aromatic heterocycles. The molecule has 1 aliphatic heterocycles. The summed E-state index contributed by atoms with van der Waals surface area (Å²) in [6.45, 7) is -0.0493. The van der Waals surface area contributed by atoms with Crippen LogP contribution in [0.1, 0.15) is 6.42 Å². The van der Waals surface area contributed by atoms with Crippen LogP contribution < -0.4 is 4.90 Å². The van der Waals surface area contributed by atoms with Crippen molar-refractivity contribution >= 4 is 31.6 Å². The van der Waals surface area contributed by atoms with E-state index in [-0.39, 0.29) is 24.8 Å². The van der Waals surface area contributed by atoms with E-state index < -0.39 is 14.3 Å². The van der Waals surface area contributed by atoms with Crippen LogP contribution >= 0.6 is 10.7 Å². The van der Waals surface area contributed by atoms with Gasteiger partial charge in [-0.2, -0.15) is 0 Å². The number of anilines is 1. The van der Waals surface area contributed by atoms with E-state index in [1.165, 1.54) is 17.4 Å². The molecule has 0 bridgehead atoms. The topological polar surface area (TPSA) is 93.4 Å². The number of furan rings is 1. The maximum atomic E-state index is 11.9. The van der Waals surface area contributed by atoms with Crippen LogP contribution in [-0.2, 0) is 13.8 Å². The van der Waals surface area contributed by atoms with Crippen LogP contribution in [0.4, 0.5) is 5.95 Å². The Labute approximate surface area is 125 Å². The van der Waals surface area contributed by atoms with Crippen molar-refractivity contribution in [2.75, 3.05) is 11.4 Å². The zero-order valence-corrected chi connectivity index (χ0v) is 12.2. The lowest BCUT2D eigenvalue weighted by molar-refractivity contribution is -0.117. The maximum Gasteiger partial charge on any atom is 0.237 e. The van der Waals surface area contributed by atoms with Gasteiger partial charge in [-0.25, -0.2) is 18.4 Å². The van der Waals surface area contributed by atoms with E-state index in [4.69, 9.17) is 15.1 Å². The molecule has 3 rings (SSSR count). The molecule has 1 amide bonds. The van der Waals surface area contributed by atoms with Crippen LogP contribution in [0.25, 0.3) is 11.5 Å². The van der Waals surface area contributed by atoms with Crippen molar-refractivity contribution in [1.29, 1.82) is 0 Å².